The molecule has 3 rings (SSSR count). The maximum absolute atomic E-state index is 13.7. The fourth-order valence-electron chi connectivity index (χ4n) is 2.02. The highest BCUT2D eigenvalue weighted by Crippen LogP contribution is 2.26. The Hall–Kier alpha value is -1.31. The van der Waals surface area contributed by atoms with Crippen LogP contribution in [-0.4, -0.2) is 17.4 Å². The Bertz CT molecular complexity index is 650. The number of fused-ring (bicyclic) bond motifs is 1. The summed E-state index contributed by atoms with van der Waals surface area (Å²) in [7, 11) is 0. The van der Waals surface area contributed by atoms with Crippen LogP contribution < -0.4 is 10.6 Å². The Balaban J connectivity index is 1.80. The predicted molar refractivity (Wildman–Crippen MR) is 79.6 cm³/mol. The number of hydrogen-bond acceptors (Lipinski definition) is 4. The van der Waals surface area contributed by atoms with E-state index in [1.54, 1.807) is 6.07 Å². The van der Waals surface area contributed by atoms with Crippen molar-refractivity contribution in [3.8, 4) is 0 Å². The average molecular weight is 356 g/mol. The van der Waals surface area contributed by atoms with E-state index in [0.29, 0.717) is 9.60 Å². The lowest BCUT2D eigenvalue weighted by atomic mass is 10.2. The summed E-state index contributed by atoms with van der Waals surface area (Å²) < 4.78 is 14.3. The van der Waals surface area contributed by atoms with Gasteiger partial charge in [-0.25, -0.2) is 9.37 Å². The minimum atomic E-state index is -0.556. The van der Waals surface area contributed by atoms with Gasteiger partial charge in [0.2, 0.25) is 0 Å². The molecule has 0 atom stereocenters. The van der Waals surface area contributed by atoms with Crippen molar-refractivity contribution in [3.05, 3.63) is 44.6 Å². The average Bonchev–Trinajstić information content (AvgIpc) is 2.80. The first-order chi connectivity index (χ1) is 9.63. The van der Waals surface area contributed by atoms with Gasteiger partial charge in [0.1, 0.15) is 5.82 Å². The topological polar surface area (TPSA) is 54.0 Å². The normalized spacial score (nSPS) is 13.9. The summed E-state index contributed by atoms with van der Waals surface area (Å²) >= 11 is 4.59. The second kappa shape index (κ2) is 5.59. The minimum Gasteiger partial charge on any atom is -0.311 e. The quantitative estimate of drug-likeness (QED) is 0.870. The van der Waals surface area contributed by atoms with Crippen LogP contribution in [0.5, 0.6) is 0 Å². The van der Waals surface area contributed by atoms with Crippen LogP contribution in [0.25, 0.3) is 0 Å². The van der Waals surface area contributed by atoms with Crippen molar-refractivity contribution >= 4 is 38.3 Å². The molecule has 1 amide bonds. The molecular formula is C13H11BrFN3OS. The maximum Gasteiger partial charge on any atom is 0.260 e. The fourth-order valence-corrected chi connectivity index (χ4v) is 3.32. The van der Waals surface area contributed by atoms with Crippen molar-refractivity contribution in [2.75, 3.05) is 11.9 Å². The number of nitrogens with one attached hydrogen (secondary N) is 2. The number of anilines is 1. The largest absolute Gasteiger partial charge is 0.311 e. The molecule has 1 aromatic heterocycles. The number of carbonyl (C=O) groups is 1. The van der Waals surface area contributed by atoms with Gasteiger partial charge < -0.3 is 5.32 Å². The standard InChI is InChI=1S/C13H11BrFN3OS/c14-7-1-2-8(9(15)5-7)12(19)18-13-17-10-3-4-16-6-11(10)20-13/h1-2,5,16H,3-4,6H2,(H,17,18,19). The van der Waals surface area contributed by atoms with Crippen LogP contribution in [0.1, 0.15) is 20.9 Å². The lowest BCUT2D eigenvalue weighted by Crippen LogP contribution is -2.22. The highest BCUT2D eigenvalue weighted by Gasteiger charge is 2.18. The molecule has 0 unspecified atom stereocenters. The van der Waals surface area contributed by atoms with Gasteiger partial charge in [0.25, 0.3) is 5.91 Å². The van der Waals surface area contributed by atoms with Crippen LogP contribution in [0.4, 0.5) is 9.52 Å². The zero-order valence-corrected chi connectivity index (χ0v) is 12.8. The Labute approximate surface area is 127 Å². The van der Waals surface area contributed by atoms with E-state index in [1.165, 1.54) is 23.5 Å². The number of benzene rings is 1. The Kier molecular flexibility index (Phi) is 3.82. The molecule has 20 heavy (non-hydrogen) atoms. The lowest BCUT2D eigenvalue weighted by molar-refractivity contribution is 0.102. The monoisotopic (exact) mass is 355 g/mol. The van der Waals surface area contributed by atoms with Crippen molar-refractivity contribution in [1.82, 2.24) is 10.3 Å². The molecule has 4 nitrogen and oxygen atoms in total. The van der Waals surface area contributed by atoms with Crippen LogP contribution >= 0.6 is 27.3 Å². The number of nitrogens with zero attached hydrogens (tertiary/aromatic N) is 1. The van der Waals surface area contributed by atoms with Crippen molar-refractivity contribution in [3.63, 3.8) is 0 Å². The highest BCUT2D eigenvalue weighted by atomic mass is 79.9. The second-order valence-corrected chi connectivity index (χ2v) is 6.39. The van der Waals surface area contributed by atoms with Crippen LogP contribution in [-0.2, 0) is 13.0 Å². The number of amides is 1. The molecule has 1 aromatic carbocycles. The molecule has 104 valence electrons. The molecule has 2 N–H and O–H groups in total. The van der Waals surface area contributed by atoms with E-state index in [-0.39, 0.29) is 5.56 Å². The number of aromatic nitrogens is 1. The van der Waals surface area contributed by atoms with Gasteiger partial charge in [-0.05, 0) is 18.2 Å². The van der Waals surface area contributed by atoms with Crippen molar-refractivity contribution in [2.45, 2.75) is 13.0 Å². The summed E-state index contributed by atoms with van der Waals surface area (Å²) in [5.41, 5.74) is 1.03. The Morgan fingerprint density at radius 1 is 1.50 bits per heavy atom. The first-order valence-corrected chi connectivity index (χ1v) is 7.70. The SMILES string of the molecule is O=C(Nc1nc2c(s1)CNCC2)c1ccc(Br)cc1F. The van der Waals surface area contributed by atoms with Gasteiger partial charge >= 0.3 is 0 Å². The predicted octanol–water partition coefficient (Wildman–Crippen LogP) is 2.94. The zero-order valence-electron chi connectivity index (χ0n) is 10.4. The molecule has 2 heterocycles. The molecular weight excluding hydrogens is 345 g/mol. The van der Waals surface area contributed by atoms with E-state index >= 15 is 0 Å². The molecule has 0 saturated carbocycles. The summed E-state index contributed by atoms with van der Waals surface area (Å²) in [6, 6.07) is 4.35. The molecule has 1 aliphatic heterocycles. The van der Waals surface area contributed by atoms with E-state index in [2.05, 4.69) is 31.5 Å². The van der Waals surface area contributed by atoms with E-state index < -0.39 is 11.7 Å². The van der Waals surface area contributed by atoms with Crippen LogP contribution in [0.15, 0.2) is 22.7 Å². The minimum absolute atomic E-state index is 0.0134. The van der Waals surface area contributed by atoms with Gasteiger partial charge in [-0.2, -0.15) is 0 Å². The van der Waals surface area contributed by atoms with Crippen molar-refractivity contribution in [2.24, 2.45) is 0 Å². The van der Waals surface area contributed by atoms with Crippen LogP contribution in [0.3, 0.4) is 0 Å². The van der Waals surface area contributed by atoms with E-state index in [1.807, 2.05) is 0 Å². The molecule has 7 heteroatoms. The van der Waals surface area contributed by atoms with E-state index in [4.69, 9.17) is 0 Å². The molecule has 2 aromatic rings. The van der Waals surface area contributed by atoms with Gasteiger partial charge in [0.15, 0.2) is 5.13 Å². The number of thiazole rings is 1. The Morgan fingerprint density at radius 3 is 3.10 bits per heavy atom. The van der Waals surface area contributed by atoms with Crippen molar-refractivity contribution < 1.29 is 9.18 Å². The van der Waals surface area contributed by atoms with Gasteiger partial charge in [-0.15, -0.1) is 11.3 Å². The van der Waals surface area contributed by atoms with E-state index in [0.717, 1.165) is 30.1 Å². The third-order valence-corrected chi connectivity index (χ3v) is 4.50. The molecule has 0 radical (unpaired) electrons. The number of halogens is 2. The molecule has 0 fully saturated rings. The number of hydrogen-bond donors (Lipinski definition) is 2. The Morgan fingerprint density at radius 2 is 2.35 bits per heavy atom. The smallest absolute Gasteiger partial charge is 0.260 e. The third-order valence-electron chi connectivity index (χ3n) is 3.00. The summed E-state index contributed by atoms with van der Waals surface area (Å²) in [5.74, 6) is -1.03. The van der Waals surface area contributed by atoms with Crippen LogP contribution in [0.2, 0.25) is 0 Å². The van der Waals surface area contributed by atoms with Gasteiger partial charge in [-0.3, -0.25) is 10.1 Å². The molecule has 0 aliphatic carbocycles. The first-order valence-electron chi connectivity index (χ1n) is 6.09. The van der Waals surface area contributed by atoms with Crippen molar-refractivity contribution in [1.29, 1.82) is 0 Å². The number of rotatable bonds is 2. The maximum atomic E-state index is 13.7. The summed E-state index contributed by atoms with van der Waals surface area (Å²) in [4.78, 5) is 17.5. The van der Waals surface area contributed by atoms with E-state index in [9.17, 15) is 9.18 Å². The highest BCUT2D eigenvalue weighted by molar-refractivity contribution is 9.10. The summed E-state index contributed by atoms with van der Waals surface area (Å²) in [5, 5.41) is 6.43. The summed E-state index contributed by atoms with van der Waals surface area (Å²) in [6.45, 7) is 1.67. The zero-order chi connectivity index (χ0) is 14.1. The number of carbonyl (C=O) groups excluding carboxylic acids is 1. The van der Waals surface area contributed by atoms with Gasteiger partial charge in [0, 0.05) is 28.9 Å². The first kappa shape index (κ1) is 13.7. The van der Waals surface area contributed by atoms with Gasteiger partial charge in [0.05, 0.1) is 11.3 Å². The van der Waals surface area contributed by atoms with Crippen LogP contribution in [0, 0.1) is 5.82 Å². The third kappa shape index (κ3) is 2.74. The fraction of sp³-hybridized carbons (Fsp3) is 0.231. The molecule has 1 aliphatic rings. The molecule has 0 spiro atoms. The molecule has 0 bridgehead atoms. The second-order valence-electron chi connectivity index (χ2n) is 4.39. The van der Waals surface area contributed by atoms with Gasteiger partial charge in [-0.1, -0.05) is 15.9 Å². The summed E-state index contributed by atoms with van der Waals surface area (Å²) in [6.07, 6.45) is 0.856. The lowest BCUT2D eigenvalue weighted by Gasteiger charge is -2.09. The molecule has 0 saturated heterocycles.